The van der Waals surface area contributed by atoms with Crippen molar-refractivity contribution in [3.8, 4) is 5.75 Å². The highest BCUT2D eigenvalue weighted by atomic mass is 16.3. The Hall–Kier alpha value is -3.08. The van der Waals surface area contributed by atoms with Gasteiger partial charge in [0.1, 0.15) is 5.75 Å². The van der Waals surface area contributed by atoms with Crippen molar-refractivity contribution in [2.75, 3.05) is 5.32 Å². The Bertz CT molecular complexity index is 858. The lowest BCUT2D eigenvalue weighted by Crippen LogP contribution is -2.33. The summed E-state index contributed by atoms with van der Waals surface area (Å²) in [5.74, 6) is -0.358. The van der Waals surface area contributed by atoms with Crippen molar-refractivity contribution in [3.63, 3.8) is 0 Å². The predicted octanol–water partition coefficient (Wildman–Crippen LogP) is 3.60. The van der Waals surface area contributed by atoms with Crippen LogP contribution in [0.3, 0.4) is 0 Å². The lowest BCUT2D eigenvalue weighted by Gasteiger charge is -2.32. The zero-order valence-corrected chi connectivity index (χ0v) is 14.2. The minimum absolute atomic E-state index is 0.0284. The number of benzene rings is 2. The van der Waals surface area contributed by atoms with E-state index in [1.807, 2.05) is 43.3 Å². The molecule has 2 aromatic rings. The maximum atomic E-state index is 12.5. The van der Waals surface area contributed by atoms with Crippen molar-refractivity contribution < 1.29 is 14.7 Å². The number of aromatic hydroxyl groups is 1. The van der Waals surface area contributed by atoms with Crippen LogP contribution in [-0.4, -0.2) is 21.8 Å². The quantitative estimate of drug-likeness (QED) is 0.841. The maximum absolute atomic E-state index is 12.5. The van der Waals surface area contributed by atoms with Crippen LogP contribution in [0.5, 0.6) is 5.75 Å². The fraction of sp³-hybridized carbons (Fsp3) is 0.200. The molecule has 1 aliphatic heterocycles. The van der Waals surface area contributed by atoms with Crippen LogP contribution in [0.2, 0.25) is 0 Å². The van der Waals surface area contributed by atoms with Crippen LogP contribution in [0, 0.1) is 6.92 Å². The van der Waals surface area contributed by atoms with E-state index >= 15 is 0 Å². The second kappa shape index (κ2) is 6.81. The minimum atomic E-state index is -0.369. The SMILES string of the molecule is CC(=O)N1C=Cc2ccccc2C1CC(=O)Nc1ccc(C)cc1O. The highest BCUT2D eigenvalue weighted by Crippen LogP contribution is 2.33. The smallest absolute Gasteiger partial charge is 0.226 e. The molecule has 0 radical (unpaired) electrons. The number of phenolic OH excluding ortho intramolecular Hbond substituents is 1. The summed E-state index contributed by atoms with van der Waals surface area (Å²) in [6, 6.07) is 12.4. The molecular formula is C20H20N2O3. The van der Waals surface area contributed by atoms with Crippen molar-refractivity contribution in [1.82, 2.24) is 4.90 Å². The number of phenols is 1. The molecule has 0 aromatic heterocycles. The maximum Gasteiger partial charge on any atom is 0.226 e. The van der Waals surface area contributed by atoms with Gasteiger partial charge in [-0.3, -0.25) is 9.59 Å². The molecule has 5 nitrogen and oxygen atoms in total. The Balaban J connectivity index is 1.82. The van der Waals surface area contributed by atoms with E-state index in [2.05, 4.69) is 5.32 Å². The molecule has 5 heteroatoms. The number of nitrogens with zero attached hydrogens (tertiary/aromatic N) is 1. The number of anilines is 1. The highest BCUT2D eigenvalue weighted by Gasteiger charge is 2.28. The van der Waals surface area contributed by atoms with Gasteiger partial charge in [0.05, 0.1) is 18.2 Å². The summed E-state index contributed by atoms with van der Waals surface area (Å²) < 4.78 is 0. The van der Waals surface area contributed by atoms with Gasteiger partial charge in [-0.1, -0.05) is 30.3 Å². The van der Waals surface area contributed by atoms with Crippen molar-refractivity contribution in [2.24, 2.45) is 0 Å². The predicted molar refractivity (Wildman–Crippen MR) is 96.8 cm³/mol. The van der Waals surface area contributed by atoms with E-state index in [9.17, 15) is 14.7 Å². The lowest BCUT2D eigenvalue weighted by molar-refractivity contribution is -0.129. The average molecular weight is 336 g/mol. The molecule has 0 bridgehead atoms. The first-order valence-corrected chi connectivity index (χ1v) is 8.11. The monoisotopic (exact) mass is 336 g/mol. The molecule has 1 aliphatic rings. The molecule has 25 heavy (non-hydrogen) atoms. The number of hydrogen-bond donors (Lipinski definition) is 2. The number of rotatable bonds is 3. The van der Waals surface area contributed by atoms with Crippen LogP contribution >= 0.6 is 0 Å². The van der Waals surface area contributed by atoms with E-state index in [-0.39, 0.29) is 30.0 Å². The van der Waals surface area contributed by atoms with E-state index in [0.29, 0.717) is 5.69 Å². The summed E-state index contributed by atoms with van der Waals surface area (Å²) in [7, 11) is 0. The van der Waals surface area contributed by atoms with Crippen LogP contribution in [0.4, 0.5) is 5.69 Å². The average Bonchev–Trinajstić information content (AvgIpc) is 2.57. The molecule has 0 saturated heterocycles. The van der Waals surface area contributed by atoms with E-state index in [4.69, 9.17) is 0 Å². The summed E-state index contributed by atoms with van der Waals surface area (Å²) in [4.78, 5) is 26.0. The summed E-state index contributed by atoms with van der Waals surface area (Å²) in [5, 5.41) is 12.7. The number of aryl methyl sites for hydroxylation is 1. The topological polar surface area (TPSA) is 69.6 Å². The van der Waals surface area contributed by atoms with Crippen LogP contribution in [0.25, 0.3) is 6.08 Å². The van der Waals surface area contributed by atoms with Crippen LogP contribution in [0.1, 0.15) is 36.1 Å². The van der Waals surface area contributed by atoms with Gasteiger partial charge in [-0.25, -0.2) is 0 Å². The Labute approximate surface area is 146 Å². The van der Waals surface area contributed by atoms with Gasteiger partial charge < -0.3 is 15.3 Å². The molecule has 0 aliphatic carbocycles. The third-order valence-corrected chi connectivity index (χ3v) is 4.28. The molecule has 1 atom stereocenters. The zero-order chi connectivity index (χ0) is 18.0. The molecule has 1 unspecified atom stereocenters. The third-order valence-electron chi connectivity index (χ3n) is 4.28. The second-order valence-electron chi connectivity index (χ2n) is 6.16. The minimum Gasteiger partial charge on any atom is -0.506 e. The first-order chi connectivity index (χ1) is 12.0. The number of nitrogens with one attached hydrogen (secondary N) is 1. The number of carbonyl (C=O) groups excluding carboxylic acids is 2. The Morgan fingerprint density at radius 2 is 1.96 bits per heavy atom. The van der Waals surface area contributed by atoms with Crippen LogP contribution in [-0.2, 0) is 9.59 Å². The molecule has 3 rings (SSSR count). The van der Waals surface area contributed by atoms with Gasteiger partial charge in [0.2, 0.25) is 11.8 Å². The van der Waals surface area contributed by atoms with Gasteiger partial charge in [-0.05, 0) is 41.8 Å². The van der Waals surface area contributed by atoms with Gasteiger partial charge in [0, 0.05) is 13.1 Å². The zero-order valence-electron chi connectivity index (χ0n) is 14.2. The second-order valence-corrected chi connectivity index (χ2v) is 6.16. The van der Waals surface area contributed by atoms with Gasteiger partial charge in [-0.15, -0.1) is 0 Å². The molecule has 1 heterocycles. The highest BCUT2D eigenvalue weighted by molar-refractivity contribution is 5.93. The normalized spacial score (nSPS) is 15.6. The Morgan fingerprint density at radius 1 is 1.20 bits per heavy atom. The molecule has 0 spiro atoms. The van der Waals surface area contributed by atoms with Crippen LogP contribution < -0.4 is 5.32 Å². The van der Waals surface area contributed by atoms with Gasteiger partial charge >= 0.3 is 0 Å². The summed E-state index contributed by atoms with van der Waals surface area (Å²) in [6.07, 6.45) is 3.69. The van der Waals surface area contributed by atoms with Gasteiger partial charge in [0.15, 0.2) is 0 Å². The molecule has 0 saturated carbocycles. The van der Waals surface area contributed by atoms with E-state index in [0.717, 1.165) is 16.7 Å². The van der Waals surface area contributed by atoms with Gasteiger partial charge in [0.25, 0.3) is 0 Å². The van der Waals surface area contributed by atoms with Crippen molar-refractivity contribution in [3.05, 3.63) is 65.4 Å². The molecule has 2 N–H and O–H groups in total. The fourth-order valence-electron chi connectivity index (χ4n) is 3.04. The van der Waals surface area contributed by atoms with Crippen LogP contribution in [0.15, 0.2) is 48.7 Å². The van der Waals surface area contributed by atoms with Gasteiger partial charge in [-0.2, -0.15) is 0 Å². The molecule has 2 amide bonds. The van der Waals surface area contributed by atoms with E-state index < -0.39 is 0 Å². The molecule has 2 aromatic carbocycles. The Kier molecular flexibility index (Phi) is 4.57. The third kappa shape index (κ3) is 3.55. The van der Waals surface area contributed by atoms with Crippen molar-refractivity contribution in [1.29, 1.82) is 0 Å². The Morgan fingerprint density at radius 3 is 2.68 bits per heavy atom. The fourth-order valence-corrected chi connectivity index (χ4v) is 3.04. The summed E-state index contributed by atoms with van der Waals surface area (Å²) in [5.41, 5.74) is 3.20. The number of hydrogen-bond acceptors (Lipinski definition) is 3. The largest absolute Gasteiger partial charge is 0.506 e. The molecule has 128 valence electrons. The molecule has 0 fully saturated rings. The van der Waals surface area contributed by atoms with Crippen molar-refractivity contribution >= 4 is 23.6 Å². The summed E-state index contributed by atoms with van der Waals surface area (Å²) in [6.45, 7) is 3.34. The number of amides is 2. The van der Waals surface area contributed by atoms with E-state index in [1.54, 1.807) is 23.2 Å². The number of fused-ring (bicyclic) bond motifs is 1. The first-order valence-electron chi connectivity index (χ1n) is 8.11. The number of carbonyl (C=O) groups is 2. The summed E-state index contributed by atoms with van der Waals surface area (Å²) >= 11 is 0. The van der Waals surface area contributed by atoms with E-state index in [1.165, 1.54) is 6.92 Å². The molecular weight excluding hydrogens is 316 g/mol. The van der Waals surface area contributed by atoms with Crippen molar-refractivity contribution in [2.45, 2.75) is 26.3 Å². The lowest BCUT2D eigenvalue weighted by atomic mass is 9.93. The standard InChI is InChI=1S/C20H20N2O3/c1-13-7-8-17(19(24)11-13)21-20(25)12-18-16-6-4-3-5-15(16)9-10-22(18)14(2)23/h3-11,18,24H,12H2,1-2H3,(H,21,25). The first kappa shape index (κ1) is 16.8.